The van der Waals surface area contributed by atoms with Crippen molar-refractivity contribution in [3.05, 3.63) is 28.6 Å². The van der Waals surface area contributed by atoms with E-state index < -0.39 is 12.1 Å². The topological polar surface area (TPSA) is 82.5 Å². The largest absolute Gasteiger partial charge is 0.490 e. The number of nitrogens with one attached hydrogen (secondary N) is 1. The molecule has 2 aliphatic heterocycles. The van der Waals surface area contributed by atoms with Crippen molar-refractivity contribution in [2.75, 3.05) is 13.1 Å². The summed E-state index contributed by atoms with van der Waals surface area (Å²) in [4.78, 5) is 27.6. The number of carbonyl (C=O) groups is 2. The number of amides is 1. The van der Waals surface area contributed by atoms with E-state index in [1.54, 1.807) is 0 Å². The molecule has 1 aromatic heterocycles. The molecule has 0 saturated carbocycles. The van der Waals surface area contributed by atoms with Crippen LogP contribution in [0.4, 0.5) is 13.2 Å². The van der Waals surface area contributed by atoms with Crippen LogP contribution in [-0.2, 0) is 22.7 Å². The number of aromatic nitrogens is 1. The summed E-state index contributed by atoms with van der Waals surface area (Å²) >= 11 is 0. The van der Waals surface area contributed by atoms with E-state index in [9.17, 15) is 18.0 Å². The summed E-state index contributed by atoms with van der Waals surface area (Å²) in [5.74, 6) is -1.94. The predicted molar refractivity (Wildman–Crippen MR) is 82.6 cm³/mol. The third-order valence-electron chi connectivity index (χ3n) is 4.18. The fourth-order valence-electron chi connectivity index (χ4n) is 2.76. The summed E-state index contributed by atoms with van der Waals surface area (Å²) in [6.07, 6.45) is -4.40. The quantitative estimate of drug-likeness (QED) is 0.841. The Bertz CT molecular complexity index is 673. The summed E-state index contributed by atoms with van der Waals surface area (Å²) in [7, 11) is 0. The molecule has 0 bridgehead atoms. The minimum Gasteiger partial charge on any atom is -0.475 e. The Morgan fingerprint density at radius 2 is 1.92 bits per heavy atom. The maximum absolute atomic E-state index is 12.2. The summed E-state index contributed by atoms with van der Waals surface area (Å²) in [5.41, 5.74) is 4.65. The van der Waals surface area contributed by atoms with Crippen molar-refractivity contribution in [1.82, 2.24) is 15.2 Å². The van der Waals surface area contributed by atoms with E-state index in [4.69, 9.17) is 9.90 Å². The van der Waals surface area contributed by atoms with Gasteiger partial charge in [0, 0.05) is 18.7 Å². The van der Waals surface area contributed by atoms with Gasteiger partial charge in [0.05, 0.1) is 12.2 Å². The van der Waals surface area contributed by atoms with E-state index in [0.717, 1.165) is 31.0 Å². The first-order valence-corrected chi connectivity index (χ1v) is 7.82. The molecule has 1 amide bonds. The molecule has 0 atom stereocenters. The number of alkyl halides is 3. The van der Waals surface area contributed by atoms with Gasteiger partial charge in [0.1, 0.15) is 0 Å². The van der Waals surface area contributed by atoms with E-state index in [-0.39, 0.29) is 5.91 Å². The van der Waals surface area contributed by atoms with Gasteiger partial charge < -0.3 is 15.3 Å². The molecule has 0 radical (unpaired) electrons. The molecule has 1 fully saturated rings. The van der Waals surface area contributed by atoms with Crippen molar-refractivity contribution in [3.63, 3.8) is 0 Å². The fraction of sp³-hybridized carbons (Fsp3) is 0.562. The minimum atomic E-state index is -5.08. The first kappa shape index (κ1) is 19.2. The number of halogens is 3. The second-order valence-electron chi connectivity index (χ2n) is 6.29. The third-order valence-corrected chi connectivity index (χ3v) is 4.18. The minimum absolute atomic E-state index is 0.275. The smallest absolute Gasteiger partial charge is 0.475 e. The van der Waals surface area contributed by atoms with E-state index in [0.29, 0.717) is 18.9 Å². The number of fused-ring (bicyclic) bond motifs is 1. The van der Waals surface area contributed by atoms with Crippen molar-refractivity contribution in [1.29, 1.82) is 0 Å². The average molecular weight is 359 g/mol. The lowest BCUT2D eigenvalue weighted by atomic mass is 9.99. The zero-order chi connectivity index (χ0) is 18.8. The number of carboxylic acid groups (broad SMARTS) is 1. The molecule has 0 aliphatic carbocycles. The highest BCUT2D eigenvalue weighted by molar-refractivity contribution is 5.77. The number of rotatable bonds is 2. The lowest BCUT2D eigenvalue weighted by Gasteiger charge is -2.28. The number of aryl methyl sites for hydroxylation is 2. The number of nitrogens with zero attached hydrogens (tertiary/aromatic N) is 2. The van der Waals surface area contributed by atoms with Crippen LogP contribution in [0.15, 0.2) is 6.07 Å². The van der Waals surface area contributed by atoms with E-state index in [2.05, 4.69) is 23.3 Å². The van der Waals surface area contributed by atoms with Gasteiger partial charge in [-0.1, -0.05) is 0 Å². The van der Waals surface area contributed by atoms with Crippen LogP contribution in [0.5, 0.6) is 0 Å². The van der Waals surface area contributed by atoms with Gasteiger partial charge in [0.25, 0.3) is 0 Å². The Kier molecular flexibility index (Phi) is 5.66. The van der Waals surface area contributed by atoms with Crippen molar-refractivity contribution in [3.8, 4) is 0 Å². The predicted octanol–water partition coefficient (Wildman–Crippen LogP) is 1.78. The van der Waals surface area contributed by atoms with Gasteiger partial charge >= 0.3 is 12.1 Å². The molecular weight excluding hydrogens is 339 g/mol. The van der Waals surface area contributed by atoms with Crippen LogP contribution in [0, 0.1) is 19.8 Å². The maximum atomic E-state index is 12.2. The lowest BCUT2D eigenvalue weighted by Crippen LogP contribution is -2.44. The summed E-state index contributed by atoms with van der Waals surface area (Å²) in [6, 6.07) is 2.10. The molecule has 3 heterocycles. The Morgan fingerprint density at radius 3 is 2.40 bits per heavy atom. The van der Waals surface area contributed by atoms with Crippen LogP contribution in [0.2, 0.25) is 0 Å². The second kappa shape index (κ2) is 7.38. The molecule has 2 aliphatic rings. The number of hydrogen-bond acceptors (Lipinski definition) is 4. The molecular formula is C16H20F3N3O3. The molecule has 3 rings (SSSR count). The van der Waals surface area contributed by atoms with Crippen molar-refractivity contribution < 1.29 is 27.9 Å². The zero-order valence-corrected chi connectivity index (χ0v) is 14.0. The van der Waals surface area contributed by atoms with Crippen LogP contribution in [0.25, 0.3) is 0 Å². The molecule has 0 unspecified atom stereocenters. The Balaban J connectivity index is 0.000000277. The number of hydrogen-bond donors (Lipinski definition) is 2. The summed E-state index contributed by atoms with van der Waals surface area (Å²) in [5, 5.41) is 10.3. The zero-order valence-electron chi connectivity index (χ0n) is 14.0. The Hall–Kier alpha value is -2.16. The number of carbonyl (C=O) groups excluding carboxylic acids is 1. The van der Waals surface area contributed by atoms with Gasteiger partial charge in [0.15, 0.2) is 0 Å². The highest BCUT2D eigenvalue weighted by Crippen LogP contribution is 2.26. The standard InChI is InChI=1S/C14H19N3O.C2HF3O2/c1-9-3-10(2)16-13-8-17(7-12(9)13)14(18)4-11-5-15-6-11;3-2(4,5)1(6)7/h3,11,15H,4-8H2,1-2H3;(H,6,7). The molecule has 1 aromatic rings. The average Bonchev–Trinajstić information content (AvgIpc) is 2.86. The molecule has 1 saturated heterocycles. The van der Waals surface area contributed by atoms with E-state index in [1.807, 2.05) is 11.8 Å². The summed E-state index contributed by atoms with van der Waals surface area (Å²) in [6.45, 7) is 7.53. The molecule has 2 N–H and O–H groups in total. The Labute approximate surface area is 143 Å². The Morgan fingerprint density at radius 1 is 1.32 bits per heavy atom. The fourth-order valence-corrected chi connectivity index (χ4v) is 2.76. The highest BCUT2D eigenvalue weighted by Gasteiger charge is 2.38. The molecule has 0 spiro atoms. The molecule has 138 valence electrons. The number of aliphatic carboxylic acids is 1. The molecule has 25 heavy (non-hydrogen) atoms. The third kappa shape index (κ3) is 4.91. The van der Waals surface area contributed by atoms with Gasteiger partial charge in [-0.25, -0.2) is 4.79 Å². The van der Waals surface area contributed by atoms with Crippen LogP contribution in [0.3, 0.4) is 0 Å². The molecule has 0 aromatic carbocycles. The van der Waals surface area contributed by atoms with Crippen molar-refractivity contribution >= 4 is 11.9 Å². The van der Waals surface area contributed by atoms with Crippen LogP contribution in [0.1, 0.15) is 28.9 Å². The van der Waals surface area contributed by atoms with Crippen LogP contribution >= 0.6 is 0 Å². The highest BCUT2D eigenvalue weighted by atomic mass is 19.4. The van der Waals surface area contributed by atoms with Crippen molar-refractivity contribution in [2.45, 2.75) is 39.5 Å². The van der Waals surface area contributed by atoms with Gasteiger partial charge in [0.2, 0.25) is 5.91 Å². The van der Waals surface area contributed by atoms with Gasteiger partial charge in [-0.3, -0.25) is 9.78 Å². The number of carboxylic acids is 1. The number of pyridine rings is 1. The molecule has 6 nitrogen and oxygen atoms in total. The van der Waals surface area contributed by atoms with Gasteiger partial charge in [-0.2, -0.15) is 13.2 Å². The van der Waals surface area contributed by atoms with E-state index >= 15 is 0 Å². The van der Waals surface area contributed by atoms with Gasteiger partial charge in [-0.05, 0) is 50.0 Å². The normalized spacial score (nSPS) is 16.6. The summed E-state index contributed by atoms with van der Waals surface area (Å²) < 4.78 is 31.7. The maximum Gasteiger partial charge on any atom is 0.490 e. The first-order chi connectivity index (χ1) is 11.6. The second-order valence-corrected chi connectivity index (χ2v) is 6.29. The van der Waals surface area contributed by atoms with Gasteiger partial charge in [-0.15, -0.1) is 0 Å². The lowest BCUT2D eigenvalue weighted by molar-refractivity contribution is -0.192. The van der Waals surface area contributed by atoms with Crippen LogP contribution < -0.4 is 5.32 Å². The van der Waals surface area contributed by atoms with Crippen molar-refractivity contribution in [2.24, 2.45) is 5.92 Å². The SMILES string of the molecule is Cc1cc(C)c2c(n1)CN(C(=O)CC1CNC1)C2.O=C(O)C(F)(F)F. The monoisotopic (exact) mass is 359 g/mol. The van der Waals surface area contributed by atoms with E-state index in [1.165, 1.54) is 11.1 Å². The first-order valence-electron chi connectivity index (χ1n) is 7.82. The molecule has 9 heteroatoms. The van der Waals surface area contributed by atoms with Crippen LogP contribution in [-0.4, -0.2) is 46.1 Å².